The molecule has 3 aromatic carbocycles. The van der Waals surface area contributed by atoms with Crippen molar-refractivity contribution in [1.29, 1.82) is 0 Å². The monoisotopic (exact) mass is 444 g/mol. The van der Waals surface area contributed by atoms with Crippen molar-refractivity contribution in [1.82, 2.24) is 9.97 Å². The van der Waals surface area contributed by atoms with Crippen LogP contribution in [-0.2, 0) is 12.8 Å². The summed E-state index contributed by atoms with van der Waals surface area (Å²) in [5.41, 5.74) is 7.73. The van der Waals surface area contributed by atoms with Gasteiger partial charge in [-0.1, -0.05) is 65.7 Å². The van der Waals surface area contributed by atoms with E-state index in [2.05, 4.69) is 47.6 Å². The van der Waals surface area contributed by atoms with Gasteiger partial charge in [0.1, 0.15) is 0 Å². The van der Waals surface area contributed by atoms with E-state index in [1.807, 2.05) is 42.6 Å². The molecule has 1 aliphatic carbocycles. The molecule has 1 unspecified atom stereocenters. The van der Waals surface area contributed by atoms with Gasteiger partial charge in [0, 0.05) is 23.4 Å². The third-order valence-corrected chi connectivity index (χ3v) is 6.46. The fourth-order valence-corrected chi connectivity index (χ4v) is 4.41. The van der Waals surface area contributed by atoms with Crippen LogP contribution < -0.4 is 5.32 Å². The quantitative estimate of drug-likeness (QED) is 0.359. The van der Waals surface area contributed by atoms with E-state index in [1.165, 1.54) is 11.1 Å². The van der Waals surface area contributed by atoms with Gasteiger partial charge in [0.15, 0.2) is 0 Å². The molecule has 4 aromatic rings. The Labute approximate surface area is 192 Å². The highest BCUT2D eigenvalue weighted by molar-refractivity contribution is 6.42. The summed E-state index contributed by atoms with van der Waals surface area (Å²) in [7, 11) is 0. The third kappa shape index (κ3) is 3.91. The van der Waals surface area contributed by atoms with Gasteiger partial charge in [-0.2, -0.15) is 0 Å². The number of fused-ring (bicyclic) bond motifs is 3. The predicted octanol–water partition coefficient (Wildman–Crippen LogP) is 7.26. The number of nitrogens with zero attached hydrogens (tertiary/aromatic N) is 2. The maximum atomic E-state index is 6.31. The zero-order chi connectivity index (χ0) is 21.4. The Kier molecular flexibility index (Phi) is 5.39. The normalized spacial score (nSPS) is 14.6. The predicted molar refractivity (Wildman–Crippen MR) is 128 cm³/mol. The first-order valence-corrected chi connectivity index (χ1v) is 10.9. The van der Waals surface area contributed by atoms with Gasteiger partial charge < -0.3 is 5.32 Å². The number of anilines is 2. The molecule has 0 bridgehead atoms. The summed E-state index contributed by atoms with van der Waals surface area (Å²) in [6, 6.07) is 22.4. The molecular formula is C26H20Cl2N3. The van der Waals surface area contributed by atoms with Crippen LogP contribution in [0.4, 0.5) is 11.6 Å². The highest BCUT2D eigenvalue weighted by Gasteiger charge is 2.27. The molecule has 5 heteroatoms. The van der Waals surface area contributed by atoms with Crippen LogP contribution in [0, 0.1) is 6.92 Å². The van der Waals surface area contributed by atoms with E-state index in [4.69, 9.17) is 28.2 Å². The molecule has 31 heavy (non-hydrogen) atoms. The van der Waals surface area contributed by atoms with Gasteiger partial charge in [0.2, 0.25) is 5.95 Å². The van der Waals surface area contributed by atoms with Crippen molar-refractivity contribution < 1.29 is 0 Å². The molecule has 0 saturated heterocycles. The fraction of sp³-hybridized carbons (Fsp3) is 0.115. The van der Waals surface area contributed by atoms with Crippen molar-refractivity contribution >= 4 is 34.8 Å². The van der Waals surface area contributed by atoms with Crippen LogP contribution in [0.25, 0.3) is 11.3 Å². The Hall–Kier alpha value is -2.88. The molecule has 1 aromatic heterocycles. The van der Waals surface area contributed by atoms with Crippen LogP contribution in [0.3, 0.4) is 0 Å². The largest absolute Gasteiger partial charge is 0.324 e. The number of halogens is 2. The Bertz CT molecular complexity index is 1250. The van der Waals surface area contributed by atoms with Gasteiger partial charge in [-0.15, -0.1) is 0 Å². The summed E-state index contributed by atoms with van der Waals surface area (Å²) in [6.45, 7) is 3.92. The average molecular weight is 445 g/mol. The zero-order valence-electron chi connectivity index (χ0n) is 16.8. The Morgan fingerprint density at radius 3 is 2.55 bits per heavy atom. The van der Waals surface area contributed by atoms with Crippen LogP contribution in [0.5, 0.6) is 0 Å². The van der Waals surface area contributed by atoms with Crippen LogP contribution >= 0.6 is 23.2 Å². The summed E-state index contributed by atoms with van der Waals surface area (Å²) >= 11 is 12.4. The molecule has 0 fully saturated rings. The van der Waals surface area contributed by atoms with E-state index in [0.717, 1.165) is 40.9 Å². The number of benzene rings is 3. The minimum atomic E-state index is 0.177. The number of aromatic nitrogens is 2. The minimum Gasteiger partial charge on any atom is -0.324 e. The van der Waals surface area contributed by atoms with Gasteiger partial charge in [-0.25, -0.2) is 9.97 Å². The fourth-order valence-electron chi connectivity index (χ4n) is 4.11. The lowest BCUT2D eigenvalue weighted by Gasteiger charge is -2.27. The molecule has 0 saturated carbocycles. The highest BCUT2D eigenvalue weighted by atomic mass is 35.5. The molecule has 0 spiro atoms. The molecule has 0 amide bonds. The first-order valence-electron chi connectivity index (χ1n) is 10.2. The van der Waals surface area contributed by atoms with E-state index >= 15 is 0 Å². The van der Waals surface area contributed by atoms with Crippen molar-refractivity contribution in [2.75, 3.05) is 5.32 Å². The molecule has 1 atom stereocenters. The zero-order valence-corrected chi connectivity index (χ0v) is 18.3. The van der Waals surface area contributed by atoms with Crippen molar-refractivity contribution in [3.05, 3.63) is 112 Å². The Morgan fingerprint density at radius 1 is 0.968 bits per heavy atom. The van der Waals surface area contributed by atoms with Crippen LogP contribution in [0.1, 0.15) is 28.2 Å². The number of rotatable bonds is 4. The van der Waals surface area contributed by atoms with Gasteiger partial charge in [0.05, 0.1) is 15.7 Å². The van der Waals surface area contributed by atoms with Crippen molar-refractivity contribution in [3.8, 4) is 11.3 Å². The molecular weight excluding hydrogens is 425 g/mol. The van der Waals surface area contributed by atoms with E-state index < -0.39 is 0 Å². The van der Waals surface area contributed by atoms with Crippen LogP contribution in [-0.4, -0.2) is 9.97 Å². The number of hydrogen-bond donors (Lipinski definition) is 1. The van der Waals surface area contributed by atoms with Crippen LogP contribution in [0.2, 0.25) is 10.0 Å². The van der Waals surface area contributed by atoms with Crippen LogP contribution in [0.15, 0.2) is 72.9 Å². The van der Waals surface area contributed by atoms with Crippen molar-refractivity contribution in [2.45, 2.75) is 18.8 Å². The van der Waals surface area contributed by atoms with Gasteiger partial charge in [0.25, 0.3) is 0 Å². The average Bonchev–Trinajstić information content (AvgIpc) is 2.81. The molecule has 3 nitrogen and oxygen atoms in total. The second-order valence-electron chi connectivity index (χ2n) is 7.66. The smallest absolute Gasteiger partial charge is 0.227 e. The summed E-state index contributed by atoms with van der Waals surface area (Å²) in [6.07, 6.45) is 3.50. The van der Waals surface area contributed by atoms with Gasteiger partial charge >= 0.3 is 0 Å². The maximum absolute atomic E-state index is 6.31. The summed E-state index contributed by atoms with van der Waals surface area (Å²) < 4.78 is 0. The maximum Gasteiger partial charge on any atom is 0.227 e. The summed E-state index contributed by atoms with van der Waals surface area (Å²) in [5.74, 6) is 0.764. The van der Waals surface area contributed by atoms with Gasteiger partial charge in [-0.05, 0) is 66.3 Å². The first kappa shape index (κ1) is 20.0. The molecule has 153 valence electrons. The van der Waals surface area contributed by atoms with E-state index in [0.29, 0.717) is 16.0 Å². The minimum absolute atomic E-state index is 0.177. The van der Waals surface area contributed by atoms with E-state index in [-0.39, 0.29) is 5.92 Å². The first-order chi connectivity index (χ1) is 15.1. The summed E-state index contributed by atoms with van der Waals surface area (Å²) in [4.78, 5) is 9.45. The van der Waals surface area contributed by atoms with Crippen molar-refractivity contribution in [2.24, 2.45) is 0 Å². The second kappa shape index (κ2) is 8.33. The highest BCUT2D eigenvalue weighted by Crippen LogP contribution is 2.42. The molecule has 1 heterocycles. The lowest BCUT2D eigenvalue weighted by Crippen LogP contribution is -2.15. The molecule has 1 radical (unpaired) electrons. The molecule has 1 N–H and O–H groups in total. The Morgan fingerprint density at radius 2 is 1.77 bits per heavy atom. The second-order valence-corrected chi connectivity index (χ2v) is 8.47. The van der Waals surface area contributed by atoms with E-state index in [1.54, 1.807) is 0 Å². The molecule has 0 aliphatic heterocycles. The third-order valence-electron chi connectivity index (χ3n) is 5.72. The lowest BCUT2D eigenvalue weighted by molar-refractivity contribution is 0.782. The molecule has 1 aliphatic rings. The number of hydrogen-bond acceptors (Lipinski definition) is 3. The topological polar surface area (TPSA) is 37.8 Å². The molecule has 5 rings (SSSR count). The van der Waals surface area contributed by atoms with Gasteiger partial charge in [-0.3, -0.25) is 0 Å². The SMILES string of the molecule is [CH2]Cc1ccc(Nc2ncc3c(n2)-c2ccccc2C(c2ccc(Cl)c(Cl)c2)C3)cc1. The van der Waals surface area contributed by atoms with E-state index in [9.17, 15) is 0 Å². The summed E-state index contributed by atoms with van der Waals surface area (Å²) in [5, 5.41) is 4.46. The van der Waals surface area contributed by atoms with Crippen molar-refractivity contribution in [3.63, 3.8) is 0 Å². The Balaban J connectivity index is 1.51. The standard InChI is InChI=1S/C26H20Cl2N3/c1-2-16-7-10-19(11-8-16)30-26-29-15-18-13-22(17-9-12-23(27)24(28)14-17)20-5-3-4-6-21(20)25(18)31-26/h3-12,14-15,22H,1-2,13H2,(H,29,30,31). The number of nitrogens with one attached hydrogen (secondary N) is 1. The lowest BCUT2D eigenvalue weighted by atomic mass is 9.78.